The number of halogens is 1. The lowest BCUT2D eigenvalue weighted by Crippen LogP contribution is -2.17. The van der Waals surface area contributed by atoms with E-state index in [1.54, 1.807) is 11.5 Å². The van der Waals surface area contributed by atoms with E-state index < -0.39 is 0 Å². The Hall–Kier alpha value is -2.37. The molecule has 11 heteroatoms. The van der Waals surface area contributed by atoms with Gasteiger partial charge in [-0.05, 0) is 56.0 Å². The van der Waals surface area contributed by atoms with Crippen LogP contribution in [-0.4, -0.2) is 39.0 Å². The molecular formula is C22H23BrN4O4S2. The number of aromatic nitrogens is 3. The quantitative estimate of drug-likeness (QED) is 0.307. The van der Waals surface area contributed by atoms with Gasteiger partial charge < -0.3 is 19.4 Å². The van der Waals surface area contributed by atoms with Crippen molar-refractivity contribution < 1.29 is 19.1 Å². The Morgan fingerprint density at radius 3 is 2.79 bits per heavy atom. The lowest BCUT2D eigenvalue weighted by atomic mass is 10.1. The molecule has 4 rings (SSSR count). The number of nitrogens with zero attached hydrogens (tertiary/aromatic N) is 3. The highest BCUT2D eigenvalue weighted by Gasteiger charge is 2.28. The van der Waals surface area contributed by atoms with Crippen LogP contribution in [0.2, 0.25) is 0 Å². The average molecular weight is 551 g/mol. The Labute approximate surface area is 208 Å². The number of thiophene rings is 1. The number of carbonyl (C=O) groups excluding carboxylic acids is 2. The summed E-state index contributed by atoms with van der Waals surface area (Å²) < 4.78 is 13.8. The van der Waals surface area contributed by atoms with Gasteiger partial charge in [-0.25, -0.2) is 4.79 Å². The molecule has 0 fully saturated rings. The van der Waals surface area contributed by atoms with Crippen LogP contribution in [0.5, 0.6) is 5.75 Å². The second kappa shape index (κ2) is 10.7. The predicted molar refractivity (Wildman–Crippen MR) is 131 cm³/mol. The van der Waals surface area contributed by atoms with E-state index in [4.69, 9.17) is 9.47 Å². The Balaban J connectivity index is 1.35. The van der Waals surface area contributed by atoms with Crippen molar-refractivity contribution in [2.45, 2.75) is 37.9 Å². The largest absolute Gasteiger partial charge is 0.486 e. The van der Waals surface area contributed by atoms with E-state index in [1.165, 1.54) is 23.1 Å². The molecule has 3 aromatic rings. The van der Waals surface area contributed by atoms with Crippen molar-refractivity contribution in [2.24, 2.45) is 7.05 Å². The minimum absolute atomic E-state index is 0.143. The fraction of sp³-hybridized carbons (Fsp3) is 0.364. The van der Waals surface area contributed by atoms with Crippen LogP contribution in [0, 0.1) is 0 Å². The molecule has 1 aromatic carbocycles. The maximum absolute atomic E-state index is 12.6. The summed E-state index contributed by atoms with van der Waals surface area (Å²) in [5, 5.41) is 12.4. The SMILES string of the molecule is CCOC(=O)c1c(NC(=O)CSc2nnc(COc3ccc(Br)cc3)n2C)sc2c1CCC2. The number of carbonyl (C=O) groups is 2. The van der Waals surface area contributed by atoms with Gasteiger partial charge in [-0.1, -0.05) is 27.7 Å². The monoisotopic (exact) mass is 550 g/mol. The predicted octanol–water partition coefficient (Wildman–Crippen LogP) is 4.61. The van der Waals surface area contributed by atoms with Crippen molar-refractivity contribution in [2.75, 3.05) is 17.7 Å². The van der Waals surface area contributed by atoms with Crippen molar-refractivity contribution in [1.29, 1.82) is 0 Å². The molecule has 0 bridgehead atoms. The molecule has 0 atom stereocenters. The van der Waals surface area contributed by atoms with Crippen LogP contribution in [0.3, 0.4) is 0 Å². The molecule has 0 radical (unpaired) electrons. The fourth-order valence-electron chi connectivity index (χ4n) is 3.48. The molecule has 174 valence electrons. The number of nitrogens with one attached hydrogen (secondary N) is 1. The number of benzene rings is 1. The maximum atomic E-state index is 12.6. The van der Waals surface area contributed by atoms with Gasteiger partial charge in [0.15, 0.2) is 11.0 Å². The van der Waals surface area contributed by atoms with Crippen LogP contribution in [-0.2, 0) is 36.0 Å². The molecular weight excluding hydrogens is 528 g/mol. The molecule has 1 N–H and O–H groups in total. The first kappa shape index (κ1) is 23.8. The second-order valence-corrected chi connectivity index (χ2v) is 10.3. The Morgan fingerprint density at radius 1 is 1.24 bits per heavy atom. The fourth-order valence-corrected chi connectivity index (χ4v) is 5.77. The van der Waals surface area contributed by atoms with Crippen molar-refractivity contribution in [1.82, 2.24) is 14.8 Å². The smallest absolute Gasteiger partial charge is 0.341 e. The Kier molecular flexibility index (Phi) is 7.71. The van der Waals surface area contributed by atoms with Crippen LogP contribution in [0.25, 0.3) is 0 Å². The first-order valence-corrected chi connectivity index (χ1v) is 13.1. The molecule has 1 aliphatic rings. The van der Waals surface area contributed by atoms with Crippen LogP contribution in [0.1, 0.15) is 40.0 Å². The summed E-state index contributed by atoms with van der Waals surface area (Å²) in [7, 11) is 1.84. The van der Waals surface area contributed by atoms with Crippen molar-refractivity contribution in [3.8, 4) is 5.75 Å². The highest BCUT2D eigenvalue weighted by molar-refractivity contribution is 9.10. The van der Waals surface area contributed by atoms with E-state index in [2.05, 4.69) is 31.4 Å². The lowest BCUT2D eigenvalue weighted by Gasteiger charge is -2.08. The van der Waals surface area contributed by atoms with Gasteiger partial charge in [0.05, 0.1) is 17.9 Å². The number of anilines is 1. The summed E-state index contributed by atoms with van der Waals surface area (Å²) in [5.74, 6) is 0.949. The highest BCUT2D eigenvalue weighted by atomic mass is 79.9. The third-order valence-corrected chi connectivity index (χ3v) is 7.85. The van der Waals surface area contributed by atoms with E-state index in [1.807, 2.05) is 31.3 Å². The van der Waals surface area contributed by atoms with Crippen LogP contribution in [0.4, 0.5) is 5.00 Å². The molecule has 2 heterocycles. The molecule has 1 aliphatic carbocycles. The third kappa shape index (κ3) is 5.59. The van der Waals surface area contributed by atoms with Crippen molar-refractivity contribution in [3.05, 3.63) is 50.6 Å². The summed E-state index contributed by atoms with van der Waals surface area (Å²) >= 11 is 6.14. The lowest BCUT2D eigenvalue weighted by molar-refractivity contribution is -0.113. The van der Waals surface area contributed by atoms with Crippen LogP contribution in [0.15, 0.2) is 33.9 Å². The van der Waals surface area contributed by atoms with Gasteiger partial charge >= 0.3 is 5.97 Å². The minimum Gasteiger partial charge on any atom is -0.486 e. The molecule has 0 saturated carbocycles. The number of aryl methyl sites for hydroxylation is 1. The van der Waals surface area contributed by atoms with Crippen LogP contribution >= 0.6 is 39.0 Å². The Bertz CT molecular complexity index is 1160. The number of ether oxygens (including phenoxy) is 2. The first-order valence-electron chi connectivity index (χ1n) is 10.5. The zero-order chi connectivity index (χ0) is 23.4. The van der Waals surface area contributed by atoms with Gasteiger partial charge in [-0.15, -0.1) is 21.5 Å². The van der Waals surface area contributed by atoms with Gasteiger partial charge in [0, 0.05) is 16.4 Å². The third-order valence-electron chi connectivity index (χ3n) is 5.09. The Morgan fingerprint density at radius 2 is 2.03 bits per heavy atom. The van der Waals surface area contributed by atoms with Crippen molar-refractivity contribution >= 4 is 55.9 Å². The second-order valence-electron chi connectivity index (χ2n) is 7.32. The van der Waals surface area contributed by atoms with Gasteiger partial charge in [0.1, 0.15) is 17.4 Å². The normalized spacial score (nSPS) is 12.5. The van der Waals surface area contributed by atoms with Gasteiger partial charge in [-0.3, -0.25) is 4.79 Å². The molecule has 0 spiro atoms. The zero-order valence-corrected chi connectivity index (χ0v) is 21.4. The minimum atomic E-state index is -0.372. The first-order chi connectivity index (χ1) is 16.0. The summed E-state index contributed by atoms with van der Waals surface area (Å²) in [5.41, 5.74) is 1.53. The maximum Gasteiger partial charge on any atom is 0.341 e. The number of hydrogen-bond acceptors (Lipinski definition) is 8. The molecule has 0 saturated heterocycles. The zero-order valence-electron chi connectivity index (χ0n) is 18.2. The summed E-state index contributed by atoms with van der Waals surface area (Å²) in [4.78, 5) is 26.3. The number of amides is 1. The number of thioether (sulfide) groups is 1. The van der Waals surface area contributed by atoms with E-state index in [0.29, 0.717) is 28.2 Å². The van der Waals surface area contributed by atoms with E-state index in [9.17, 15) is 9.59 Å². The standard InChI is InChI=1S/C22H23BrN4O4S2/c1-3-30-21(29)19-15-5-4-6-16(15)33-20(19)24-18(28)12-32-22-26-25-17(27(22)2)11-31-14-9-7-13(23)8-10-14/h7-10H,3-6,11-12H2,1-2H3,(H,24,28). The van der Waals surface area contributed by atoms with Crippen molar-refractivity contribution in [3.63, 3.8) is 0 Å². The number of hydrogen-bond donors (Lipinski definition) is 1. The van der Waals surface area contributed by atoms with Gasteiger partial charge in [-0.2, -0.15) is 0 Å². The summed E-state index contributed by atoms with van der Waals surface area (Å²) in [6, 6.07) is 7.54. The molecule has 0 unspecified atom stereocenters. The molecule has 0 aliphatic heterocycles. The number of fused-ring (bicyclic) bond motifs is 1. The number of rotatable bonds is 9. The molecule has 2 aromatic heterocycles. The van der Waals surface area contributed by atoms with E-state index in [0.717, 1.165) is 39.9 Å². The topological polar surface area (TPSA) is 95.3 Å². The van der Waals surface area contributed by atoms with E-state index in [-0.39, 0.29) is 24.2 Å². The average Bonchev–Trinajstić information content (AvgIpc) is 3.47. The molecule has 1 amide bonds. The molecule has 33 heavy (non-hydrogen) atoms. The number of esters is 1. The van der Waals surface area contributed by atoms with E-state index >= 15 is 0 Å². The van der Waals surface area contributed by atoms with Crippen LogP contribution < -0.4 is 10.1 Å². The molecule has 8 nitrogen and oxygen atoms in total. The summed E-state index contributed by atoms with van der Waals surface area (Å²) in [6.45, 7) is 2.34. The summed E-state index contributed by atoms with van der Waals surface area (Å²) in [6.07, 6.45) is 2.80. The highest BCUT2D eigenvalue weighted by Crippen LogP contribution is 2.39. The van der Waals surface area contributed by atoms with Gasteiger partial charge in [0.2, 0.25) is 5.91 Å². The van der Waals surface area contributed by atoms with Gasteiger partial charge in [0.25, 0.3) is 0 Å².